The van der Waals surface area contributed by atoms with E-state index in [2.05, 4.69) is 26.3 Å². The lowest BCUT2D eigenvalue weighted by atomic mass is 9.95. The molecule has 1 aliphatic carbocycles. The van der Waals surface area contributed by atoms with Crippen LogP contribution in [0.5, 0.6) is 0 Å². The molecule has 0 saturated heterocycles. The van der Waals surface area contributed by atoms with Gasteiger partial charge in [-0.2, -0.15) is 0 Å². The molecule has 0 bridgehead atoms. The van der Waals surface area contributed by atoms with Crippen molar-refractivity contribution in [3.8, 4) is 10.7 Å². The summed E-state index contributed by atoms with van der Waals surface area (Å²) in [7, 11) is 0. The van der Waals surface area contributed by atoms with Crippen molar-refractivity contribution in [2.24, 2.45) is 5.84 Å². The van der Waals surface area contributed by atoms with Gasteiger partial charge < -0.3 is 0 Å². The number of nitrogens with one attached hydrogen (secondary N) is 1. The zero-order valence-electron chi connectivity index (χ0n) is 12.2. The Morgan fingerprint density at radius 2 is 2.23 bits per heavy atom. The molecule has 2 heterocycles. The summed E-state index contributed by atoms with van der Waals surface area (Å²) in [6, 6.07) is 4.51. The first-order valence-electron chi connectivity index (χ1n) is 7.40. The van der Waals surface area contributed by atoms with Gasteiger partial charge in [-0.1, -0.05) is 37.1 Å². The van der Waals surface area contributed by atoms with Crippen LogP contribution in [0.25, 0.3) is 10.7 Å². The number of nitrogens with two attached hydrogens (primary N) is 1. The minimum atomic E-state index is -0.208. The predicted molar refractivity (Wildman–Crippen MR) is 88.5 cm³/mol. The minimum absolute atomic E-state index is 0.208. The molecule has 0 atom stereocenters. The van der Waals surface area contributed by atoms with E-state index in [1.54, 1.807) is 11.3 Å². The van der Waals surface area contributed by atoms with Crippen LogP contribution in [0, 0.1) is 0 Å². The predicted octanol–water partition coefficient (Wildman–Crippen LogP) is 2.59. The fourth-order valence-corrected chi connectivity index (χ4v) is 4.31. The van der Waals surface area contributed by atoms with Crippen LogP contribution >= 0.6 is 23.1 Å². The number of rotatable bonds is 5. The Labute approximate surface area is 137 Å². The molecule has 3 N–H and O–H groups in total. The summed E-state index contributed by atoms with van der Waals surface area (Å²) in [5, 5.41) is 11.5. The molecule has 0 aliphatic heterocycles. The molecule has 2 aromatic rings. The Morgan fingerprint density at radius 1 is 1.41 bits per heavy atom. The van der Waals surface area contributed by atoms with Crippen LogP contribution in [0.4, 0.5) is 0 Å². The molecule has 1 amide bonds. The SMILES string of the molecule is NNC(=O)CSc1nnc(-c2cccs2)n1C1CCCCC1. The van der Waals surface area contributed by atoms with Gasteiger partial charge in [0, 0.05) is 6.04 Å². The molecule has 1 aliphatic rings. The van der Waals surface area contributed by atoms with Gasteiger partial charge in [-0.15, -0.1) is 21.5 Å². The average molecular weight is 337 g/mol. The third-order valence-corrected chi connectivity index (χ3v) is 5.65. The second kappa shape index (κ2) is 7.26. The molecule has 0 unspecified atom stereocenters. The van der Waals surface area contributed by atoms with Crippen molar-refractivity contribution in [2.45, 2.75) is 43.3 Å². The molecule has 1 saturated carbocycles. The largest absolute Gasteiger partial charge is 0.298 e. The second-order valence-electron chi connectivity index (χ2n) is 5.30. The zero-order chi connectivity index (χ0) is 15.4. The normalized spacial score (nSPS) is 15.9. The number of hydrogen-bond donors (Lipinski definition) is 2. The van der Waals surface area contributed by atoms with Crippen LogP contribution in [0.2, 0.25) is 0 Å². The maximum atomic E-state index is 11.4. The van der Waals surface area contributed by atoms with Gasteiger partial charge in [0.25, 0.3) is 0 Å². The number of carbonyl (C=O) groups is 1. The van der Waals surface area contributed by atoms with Crippen molar-refractivity contribution in [3.63, 3.8) is 0 Å². The molecule has 8 heteroatoms. The van der Waals surface area contributed by atoms with E-state index in [-0.39, 0.29) is 11.7 Å². The van der Waals surface area contributed by atoms with Gasteiger partial charge >= 0.3 is 0 Å². The van der Waals surface area contributed by atoms with E-state index >= 15 is 0 Å². The van der Waals surface area contributed by atoms with Gasteiger partial charge in [0.15, 0.2) is 11.0 Å². The monoisotopic (exact) mass is 337 g/mol. The van der Waals surface area contributed by atoms with Crippen molar-refractivity contribution < 1.29 is 4.79 Å². The first-order valence-corrected chi connectivity index (χ1v) is 9.27. The van der Waals surface area contributed by atoms with Crippen LogP contribution in [-0.4, -0.2) is 26.4 Å². The van der Waals surface area contributed by atoms with Gasteiger partial charge in [0.05, 0.1) is 10.6 Å². The number of thioether (sulfide) groups is 1. The number of amides is 1. The number of thiophene rings is 1. The number of hydrogen-bond acceptors (Lipinski definition) is 6. The van der Waals surface area contributed by atoms with Crippen molar-refractivity contribution in [3.05, 3.63) is 17.5 Å². The third-order valence-electron chi connectivity index (χ3n) is 3.84. The maximum Gasteiger partial charge on any atom is 0.244 e. The average Bonchev–Trinajstić information content (AvgIpc) is 3.22. The topological polar surface area (TPSA) is 85.8 Å². The lowest BCUT2D eigenvalue weighted by Gasteiger charge is -2.25. The summed E-state index contributed by atoms with van der Waals surface area (Å²) in [6.07, 6.45) is 6.06. The summed E-state index contributed by atoms with van der Waals surface area (Å²) in [5.74, 6) is 6.11. The first kappa shape index (κ1) is 15.5. The highest BCUT2D eigenvalue weighted by Crippen LogP contribution is 2.36. The van der Waals surface area contributed by atoms with E-state index in [1.807, 2.05) is 11.4 Å². The van der Waals surface area contributed by atoms with Crippen LogP contribution < -0.4 is 11.3 Å². The van der Waals surface area contributed by atoms with E-state index in [4.69, 9.17) is 5.84 Å². The van der Waals surface area contributed by atoms with Crippen LogP contribution in [0.1, 0.15) is 38.1 Å². The van der Waals surface area contributed by atoms with E-state index in [1.165, 1.54) is 31.0 Å². The molecule has 0 spiro atoms. The Morgan fingerprint density at radius 3 is 2.91 bits per heavy atom. The number of carbonyl (C=O) groups excluding carboxylic acids is 1. The Balaban J connectivity index is 1.90. The van der Waals surface area contributed by atoms with E-state index in [0.717, 1.165) is 28.7 Å². The van der Waals surface area contributed by atoms with Gasteiger partial charge in [-0.05, 0) is 24.3 Å². The Hall–Kier alpha value is -1.38. The van der Waals surface area contributed by atoms with E-state index < -0.39 is 0 Å². The molecule has 2 aromatic heterocycles. The van der Waals surface area contributed by atoms with Crippen LogP contribution in [0.15, 0.2) is 22.7 Å². The van der Waals surface area contributed by atoms with Crippen molar-refractivity contribution >= 4 is 29.0 Å². The molecule has 3 rings (SSSR count). The number of hydrazine groups is 1. The van der Waals surface area contributed by atoms with Gasteiger partial charge in [-0.3, -0.25) is 14.8 Å². The molecule has 0 radical (unpaired) electrons. The highest BCUT2D eigenvalue weighted by atomic mass is 32.2. The number of aromatic nitrogens is 3. The van der Waals surface area contributed by atoms with Gasteiger partial charge in [0.1, 0.15) is 0 Å². The summed E-state index contributed by atoms with van der Waals surface area (Å²) in [6.45, 7) is 0. The standard InChI is InChI=1S/C14H19N5OS2/c15-16-12(20)9-22-14-18-17-13(11-7-4-8-21-11)19(14)10-5-2-1-3-6-10/h4,7-8,10H,1-3,5-6,9,15H2,(H,16,20). The molecular weight excluding hydrogens is 318 g/mol. The smallest absolute Gasteiger partial charge is 0.244 e. The lowest BCUT2D eigenvalue weighted by molar-refractivity contribution is -0.118. The zero-order valence-corrected chi connectivity index (χ0v) is 13.8. The fraction of sp³-hybridized carbons (Fsp3) is 0.500. The van der Waals surface area contributed by atoms with Gasteiger partial charge in [0.2, 0.25) is 5.91 Å². The summed E-state index contributed by atoms with van der Waals surface area (Å²) in [4.78, 5) is 12.5. The quantitative estimate of drug-likeness (QED) is 0.379. The van der Waals surface area contributed by atoms with Crippen molar-refractivity contribution in [2.75, 3.05) is 5.75 Å². The molecule has 22 heavy (non-hydrogen) atoms. The number of nitrogens with zero attached hydrogens (tertiary/aromatic N) is 3. The third kappa shape index (κ3) is 3.34. The first-order chi connectivity index (χ1) is 10.8. The maximum absolute atomic E-state index is 11.4. The highest BCUT2D eigenvalue weighted by Gasteiger charge is 2.24. The molecule has 6 nitrogen and oxygen atoms in total. The molecule has 1 fully saturated rings. The molecular formula is C14H19N5OS2. The Kier molecular flexibility index (Phi) is 5.12. The van der Waals surface area contributed by atoms with E-state index in [9.17, 15) is 4.79 Å². The minimum Gasteiger partial charge on any atom is -0.298 e. The Bertz CT molecular complexity index is 619. The van der Waals surface area contributed by atoms with E-state index in [0.29, 0.717) is 6.04 Å². The molecule has 0 aromatic carbocycles. The van der Waals surface area contributed by atoms with Crippen LogP contribution in [-0.2, 0) is 4.79 Å². The summed E-state index contributed by atoms with van der Waals surface area (Å²) < 4.78 is 2.22. The fourth-order valence-electron chi connectivity index (χ4n) is 2.79. The van der Waals surface area contributed by atoms with Crippen LogP contribution in [0.3, 0.4) is 0 Å². The summed E-state index contributed by atoms with van der Waals surface area (Å²) in [5.41, 5.74) is 2.15. The van der Waals surface area contributed by atoms with Gasteiger partial charge in [-0.25, -0.2) is 5.84 Å². The van der Waals surface area contributed by atoms with Crippen molar-refractivity contribution in [1.29, 1.82) is 0 Å². The molecule has 118 valence electrons. The lowest BCUT2D eigenvalue weighted by Crippen LogP contribution is -2.31. The highest BCUT2D eigenvalue weighted by molar-refractivity contribution is 7.99. The second-order valence-corrected chi connectivity index (χ2v) is 7.19. The van der Waals surface area contributed by atoms with Crippen molar-refractivity contribution in [1.82, 2.24) is 20.2 Å². The summed E-state index contributed by atoms with van der Waals surface area (Å²) >= 11 is 3.06.